The fourth-order valence-electron chi connectivity index (χ4n) is 5.68. The van der Waals surface area contributed by atoms with Crippen LogP contribution in [-0.2, 0) is 12.8 Å². The number of fused-ring (bicyclic) bond motifs is 14. The molecule has 0 atom stereocenters. The number of imidazole rings is 1. The van der Waals surface area contributed by atoms with Crippen molar-refractivity contribution in [3.05, 3.63) is 95.4 Å². The summed E-state index contributed by atoms with van der Waals surface area (Å²) in [7, 11) is 0. The van der Waals surface area contributed by atoms with E-state index >= 15 is 0 Å². The molecule has 31 heavy (non-hydrogen) atoms. The van der Waals surface area contributed by atoms with Crippen LogP contribution in [0.15, 0.2) is 73.1 Å². The van der Waals surface area contributed by atoms with Crippen molar-refractivity contribution in [2.45, 2.75) is 12.8 Å². The third-order valence-electron chi connectivity index (χ3n) is 6.96. The van der Waals surface area contributed by atoms with Gasteiger partial charge in [0.2, 0.25) is 0 Å². The Kier molecular flexibility index (Phi) is 2.72. The summed E-state index contributed by atoms with van der Waals surface area (Å²) in [6, 6.07) is 21.6. The van der Waals surface area contributed by atoms with E-state index in [2.05, 4.69) is 57.9 Å². The monoisotopic (exact) mass is 396 g/mol. The van der Waals surface area contributed by atoms with Crippen LogP contribution >= 0.6 is 0 Å². The normalized spacial score (nSPS) is 13.5. The average Bonchev–Trinajstić information content (AvgIpc) is 3.48. The van der Waals surface area contributed by atoms with E-state index < -0.39 is 0 Å². The Labute approximate surface area is 177 Å². The predicted molar refractivity (Wildman–Crippen MR) is 122 cm³/mol. The lowest BCUT2D eigenvalue weighted by Gasteiger charge is -2.11. The van der Waals surface area contributed by atoms with Gasteiger partial charge in [0.25, 0.3) is 0 Å². The van der Waals surface area contributed by atoms with Gasteiger partial charge in [-0.3, -0.25) is 14.4 Å². The highest BCUT2D eigenvalue weighted by Gasteiger charge is 2.31. The Balaban J connectivity index is 1.49. The van der Waals surface area contributed by atoms with E-state index in [1.807, 2.05) is 24.5 Å². The Morgan fingerprint density at radius 2 is 1.48 bits per heavy atom. The van der Waals surface area contributed by atoms with Crippen molar-refractivity contribution >= 4 is 27.6 Å². The molecule has 0 saturated carbocycles. The number of pyridine rings is 3. The molecule has 0 spiro atoms. The molecule has 2 aliphatic rings. The summed E-state index contributed by atoms with van der Waals surface area (Å²) in [4.78, 5) is 14.5. The minimum Gasteiger partial charge on any atom is -0.290 e. The number of aromatic nitrogens is 4. The van der Waals surface area contributed by atoms with E-state index in [1.165, 1.54) is 39.1 Å². The van der Waals surface area contributed by atoms with E-state index in [0.717, 1.165) is 46.1 Å². The van der Waals surface area contributed by atoms with Crippen molar-refractivity contribution in [3.63, 3.8) is 0 Å². The van der Waals surface area contributed by atoms with E-state index in [9.17, 15) is 0 Å². The van der Waals surface area contributed by atoms with E-state index in [0.29, 0.717) is 0 Å². The van der Waals surface area contributed by atoms with Gasteiger partial charge in [0.15, 0.2) is 0 Å². The summed E-state index contributed by atoms with van der Waals surface area (Å²) < 4.78 is 2.31. The second kappa shape index (κ2) is 5.35. The van der Waals surface area contributed by atoms with Gasteiger partial charge in [0, 0.05) is 29.8 Å². The Bertz CT molecular complexity index is 1740. The lowest BCUT2D eigenvalue weighted by Crippen LogP contribution is -1.97. The first kappa shape index (κ1) is 15.7. The fourth-order valence-corrected chi connectivity index (χ4v) is 5.68. The van der Waals surface area contributed by atoms with Crippen molar-refractivity contribution in [3.8, 4) is 22.4 Å². The second-order valence-corrected chi connectivity index (χ2v) is 8.47. The Morgan fingerprint density at radius 1 is 0.677 bits per heavy atom. The molecule has 0 unspecified atom stereocenters. The summed E-state index contributed by atoms with van der Waals surface area (Å²) in [6.07, 6.45) is 5.57. The van der Waals surface area contributed by atoms with Crippen molar-refractivity contribution in [2.24, 2.45) is 0 Å². The molecule has 4 nitrogen and oxygen atoms in total. The zero-order chi connectivity index (χ0) is 20.1. The number of benzene rings is 2. The highest BCUT2D eigenvalue weighted by atomic mass is 15.1. The van der Waals surface area contributed by atoms with Gasteiger partial charge >= 0.3 is 0 Å². The van der Waals surface area contributed by atoms with Gasteiger partial charge < -0.3 is 0 Å². The first-order chi connectivity index (χ1) is 15.4. The molecule has 6 aromatic rings. The van der Waals surface area contributed by atoms with Gasteiger partial charge in [-0.15, -0.1) is 0 Å². The van der Waals surface area contributed by atoms with Crippen LogP contribution in [0.1, 0.15) is 22.4 Å². The zero-order valence-electron chi connectivity index (χ0n) is 16.6. The average molecular weight is 396 g/mol. The molecule has 0 saturated heterocycles. The first-order valence-corrected chi connectivity index (χ1v) is 10.6. The minimum atomic E-state index is 0.882. The topological polar surface area (TPSA) is 43.1 Å². The molecular weight excluding hydrogens is 380 g/mol. The third-order valence-corrected chi connectivity index (χ3v) is 6.96. The molecule has 4 aromatic heterocycles. The summed E-state index contributed by atoms with van der Waals surface area (Å²) >= 11 is 0. The van der Waals surface area contributed by atoms with Gasteiger partial charge in [-0.2, -0.15) is 0 Å². The molecule has 8 rings (SSSR count). The van der Waals surface area contributed by atoms with Crippen molar-refractivity contribution in [2.75, 3.05) is 0 Å². The van der Waals surface area contributed by atoms with Crippen LogP contribution in [0.3, 0.4) is 0 Å². The van der Waals surface area contributed by atoms with Crippen LogP contribution < -0.4 is 0 Å². The smallest absolute Gasteiger partial charge is 0.147 e. The largest absolute Gasteiger partial charge is 0.290 e. The van der Waals surface area contributed by atoms with Crippen LogP contribution in [0.5, 0.6) is 0 Å². The van der Waals surface area contributed by atoms with Gasteiger partial charge in [-0.1, -0.05) is 36.4 Å². The number of hydrogen-bond donors (Lipinski definition) is 0. The maximum absolute atomic E-state index is 5.16. The molecule has 0 radical (unpaired) electrons. The summed E-state index contributed by atoms with van der Waals surface area (Å²) in [5.74, 6) is 0. The molecule has 2 aliphatic carbocycles. The lowest BCUT2D eigenvalue weighted by atomic mass is 9.97. The quantitative estimate of drug-likeness (QED) is 0.315. The standard InChI is InChI=1S/C27H16N4/c1-2-6-16-15(5-1)13-20-17(16)9-10-18-21(20)14-22-26(18)31-23-8-4-12-29-25(23)24-19(27(31)30-22)7-3-11-28-24/h1-12H,13-14H2. The minimum absolute atomic E-state index is 0.882. The zero-order valence-corrected chi connectivity index (χ0v) is 16.6. The highest BCUT2D eigenvalue weighted by molar-refractivity contribution is 6.09. The maximum Gasteiger partial charge on any atom is 0.147 e. The van der Waals surface area contributed by atoms with Crippen molar-refractivity contribution in [1.82, 2.24) is 19.4 Å². The number of rotatable bonds is 0. The third kappa shape index (κ3) is 1.84. The first-order valence-electron chi connectivity index (χ1n) is 10.6. The maximum atomic E-state index is 5.16. The lowest BCUT2D eigenvalue weighted by molar-refractivity contribution is 1.12. The molecular formula is C27H16N4. The molecule has 144 valence electrons. The SMILES string of the molecule is c1ccc2c(c1)Cc1c-2ccc2c1Cc1nc3c4cccnc4c4ncccc4n3c1-2. The van der Waals surface area contributed by atoms with E-state index in [-0.39, 0.29) is 0 Å². The molecule has 0 bridgehead atoms. The second-order valence-electron chi connectivity index (χ2n) is 8.47. The molecule has 0 amide bonds. The van der Waals surface area contributed by atoms with Crippen LogP contribution in [-0.4, -0.2) is 19.4 Å². The van der Waals surface area contributed by atoms with Crippen LogP contribution in [0.2, 0.25) is 0 Å². The van der Waals surface area contributed by atoms with Crippen molar-refractivity contribution < 1.29 is 0 Å². The Hall–Kier alpha value is -4.05. The Morgan fingerprint density at radius 3 is 2.45 bits per heavy atom. The summed E-state index contributed by atoms with van der Waals surface area (Å²) in [5, 5.41) is 1.05. The van der Waals surface area contributed by atoms with Gasteiger partial charge in [-0.25, -0.2) is 4.98 Å². The van der Waals surface area contributed by atoms with Gasteiger partial charge in [-0.05, 0) is 58.5 Å². The van der Waals surface area contributed by atoms with E-state index in [1.54, 1.807) is 0 Å². The molecule has 0 aliphatic heterocycles. The molecule has 4 heteroatoms. The van der Waals surface area contributed by atoms with Gasteiger partial charge in [0.05, 0.1) is 16.9 Å². The molecule has 0 fully saturated rings. The summed E-state index contributed by atoms with van der Waals surface area (Å²) in [5.41, 5.74) is 14.6. The molecule has 4 heterocycles. The van der Waals surface area contributed by atoms with E-state index in [4.69, 9.17) is 9.97 Å². The van der Waals surface area contributed by atoms with Crippen LogP contribution in [0.25, 0.3) is 50.0 Å². The number of hydrogen-bond acceptors (Lipinski definition) is 3. The summed E-state index contributed by atoms with van der Waals surface area (Å²) in [6.45, 7) is 0. The van der Waals surface area contributed by atoms with Crippen LogP contribution in [0, 0.1) is 0 Å². The fraction of sp³-hybridized carbons (Fsp3) is 0.0741. The highest BCUT2D eigenvalue weighted by Crippen LogP contribution is 2.47. The predicted octanol–water partition coefficient (Wildman–Crippen LogP) is 5.57. The van der Waals surface area contributed by atoms with Crippen molar-refractivity contribution in [1.29, 1.82) is 0 Å². The van der Waals surface area contributed by atoms with Gasteiger partial charge in [0.1, 0.15) is 16.7 Å². The van der Waals surface area contributed by atoms with Crippen LogP contribution in [0.4, 0.5) is 0 Å². The number of nitrogens with zero attached hydrogens (tertiary/aromatic N) is 4. The molecule has 0 N–H and O–H groups in total. The molecule has 2 aromatic carbocycles.